The number of rotatable bonds is 5. The van der Waals surface area contributed by atoms with Crippen molar-refractivity contribution in [2.45, 2.75) is 38.0 Å². The Morgan fingerprint density at radius 3 is 2.56 bits per heavy atom. The Balaban J connectivity index is 1.60. The average molecular weight is 472 g/mol. The quantitative estimate of drug-likeness (QED) is 0.521. The van der Waals surface area contributed by atoms with E-state index < -0.39 is 15.9 Å². The number of nitrogens with zero attached hydrogens (tertiary/aromatic N) is 1. The van der Waals surface area contributed by atoms with Crippen LogP contribution >= 0.6 is 11.6 Å². The minimum absolute atomic E-state index is 0.133. The molecule has 0 saturated carbocycles. The topological polar surface area (TPSA) is 101 Å². The fraction of sp³-hybridized carbons (Fsp3) is 0.217. The van der Waals surface area contributed by atoms with Crippen molar-refractivity contribution < 1.29 is 17.6 Å². The van der Waals surface area contributed by atoms with Crippen LogP contribution in [0.1, 0.15) is 45.8 Å². The third-order valence-electron chi connectivity index (χ3n) is 5.25. The SMILES string of the molecule is Cc1ccc(S(=O)(=O)N/N=C2\CCCc3oc(C(=O)Nc4cccc(Cl)c4)c(C)c32)cc1. The lowest BCUT2D eigenvalue weighted by Gasteiger charge is -2.14. The summed E-state index contributed by atoms with van der Waals surface area (Å²) >= 11 is 5.98. The van der Waals surface area contributed by atoms with Crippen LogP contribution in [0.15, 0.2) is 62.9 Å². The molecule has 32 heavy (non-hydrogen) atoms. The van der Waals surface area contributed by atoms with Crippen molar-refractivity contribution >= 4 is 38.9 Å². The largest absolute Gasteiger partial charge is 0.455 e. The minimum Gasteiger partial charge on any atom is -0.455 e. The summed E-state index contributed by atoms with van der Waals surface area (Å²) in [5.74, 6) is 0.392. The molecule has 4 rings (SSSR count). The van der Waals surface area contributed by atoms with Crippen molar-refractivity contribution in [1.82, 2.24) is 4.83 Å². The molecule has 0 atom stereocenters. The molecular formula is C23H22ClN3O4S. The first kappa shape index (κ1) is 22.1. The molecule has 7 nitrogen and oxygen atoms in total. The Kier molecular flexibility index (Phi) is 6.08. The zero-order chi connectivity index (χ0) is 22.9. The molecule has 0 fully saturated rings. The molecule has 9 heteroatoms. The Morgan fingerprint density at radius 1 is 1.09 bits per heavy atom. The van der Waals surface area contributed by atoms with Crippen molar-refractivity contribution in [1.29, 1.82) is 0 Å². The van der Waals surface area contributed by atoms with E-state index in [1.54, 1.807) is 43.3 Å². The van der Waals surface area contributed by atoms with E-state index in [4.69, 9.17) is 16.0 Å². The molecule has 3 aromatic rings. The monoisotopic (exact) mass is 471 g/mol. The third-order valence-corrected chi connectivity index (χ3v) is 6.71. The van der Waals surface area contributed by atoms with Crippen LogP contribution in [0.2, 0.25) is 5.02 Å². The summed E-state index contributed by atoms with van der Waals surface area (Å²) in [6.07, 6.45) is 1.95. The number of benzene rings is 2. The molecule has 0 radical (unpaired) electrons. The Hall–Kier alpha value is -3.10. The number of sulfonamides is 1. The average Bonchev–Trinajstić information content (AvgIpc) is 3.10. The molecule has 0 saturated heterocycles. The van der Waals surface area contributed by atoms with E-state index in [9.17, 15) is 13.2 Å². The molecule has 0 bridgehead atoms. The van der Waals surface area contributed by atoms with Crippen molar-refractivity contribution in [3.05, 3.63) is 81.8 Å². The second-order valence-corrected chi connectivity index (χ2v) is 9.74. The van der Waals surface area contributed by atoms with Gasteiger partial charge in [-0.15, -0.1) is 0 Å². The molecule has 1 aliphatic carbocycles. The fourth-order valence-electron chi connectivity index (χ4n) is 3.64. The summed E-state index contributed by atoms with van der Waals surface area (Å²) < 4.78 is 31.1. The first-order valence-electron chi connectivity index (χ1n) is 10.1. The van der Waals surface area contributed by atoms with Gasteiger partial charge in [0.2, 0.25) is 0 Å². The van der Waals surface area contributed by atoms with Crippen LogP contribution in [-0.2, 0) is 16.4 Å². The molecule has 0 unspecified atom stereocenters. The van der Waals surface area contributed by atoms with E-state index in [1.165, 1.54) is 12.1 Å². The van der Waals surface area contributed by atoms with Crippen LogP contribution in [0.5, 0.6) is 0 Å². The molecule has 1 aliphatic rings. The van der Waals surface area contributed by atoms with Gasteiger partial charge in [0.1, 0.15) is 5.76 Å². The van der Waals surface area contributed by atoms with E-state index in [1.807, 2.05) is 6.92 Å². The van der Waals surface area contributed by atoms with Crippen LogP contribution in [0, 0.1) is 13.8 Å². The number of anilines is 1. The third kappa shape index (κ3) is 4.56. The van der Waals surface area contributed by atoms with Gasteiger partial charge in [0.15, 0.2) is 5.76 Å². The molecule has 166 valence electrons. The predicted molar refractivity (Wildman–Crippen MR) is 124 cm³/mol. The lowest BCUT2D eigenvalue weighted by atomic mass is 9.93. The van der Waals surface area contributed by atoms with Crippen molar-refractivity contribution in [2.75, 3.05) is 5.32 Å². The summed E-state index contributed by atoms with van der Waals surface area (Å²) in [5, 5.41) is 7.48. The highest BCUT2D eigenvalue weighted by molar-refractivity contribution is 7.89. The second kappa shape index (κ2) is 8.80. The van der Waals surface area contributed by atoms with Gasteiger partial charge in [-0.05, 0) is 57.0 Å². The molecule has 2 aromatic carbocycles. The number of hydrogen-bond acceptors (Lipinski definition) is 5. The van der Waals surface area contributed by atoms with Crippen LogP contribution in [-0.4, -0.2) is 20.0 Å². The summed E-state index contributed by atoms with van der Waals surface area (Å²) in [7, 11) is -3.81. The minimum atomic E-state index is -3.81. The fourth-order valence-corrected chi connectivity index (χ4v) is 4.66. The Morgan fingerprint density at radius 2 is 1.84 bits per heavy atom. The van der Waals surface area contributed by atoms with Gasteiger partial charge in [-0.1, -0.05) is 35.4 Å². The van der Waals surface area contributed by atoms with E-state index in [2.05, 4.69) is 15.2 Å². The number of carbonyl (C=O) groups is 1. The number of carbonyl (C=O) groups excluding carboxylic acids is 1. The van der Waals surface area contributed by atoms with E-state index in [-0.39, 0.29) is 10.7 Å². The highest BCUT2D eigenvalue weighted by Crippen LogP contribution is 2.30. The van der Waals surface area contributed by atoms with Crippen LogP contribution < -0.4 is 10.1 Å². The molecule has 0 aliphatic heterocycles. The summed E-state index contributed by atoms with van der Waals surface area (Å²) in [6.45, 7) is 3.65. The van der Waals surface area contributed by atoms with Crippen molar-refractivity contribution in [3.8, 4) is 0 Å². The number of amides is 1. The van der Waals surface area contributed by atoms with Crippen LogP contribution in [0.25, 0.3) is 0 Å². The number of hydrazone groups is 1. The molecular weight excluding hydrogens is 450 g/mol. The van der Waals surface area contributed by atoms with Crippen molar-refractivity contribution in [3.63, 3.8) is 0 Å². The number of nitrogens with one attached hydrogen (secondary N) is 2. The highest BCUT2D eigenvalue weighted by Gasteiger charge is 2.28. The normalized spacial score (nSPS) is 14.8. The number of aryl methyl sites for hydroxylation is 2. The zero-order valence-corrected chi connectivity index (χ0v) is 19.2. The van der Waals surface area contributed by atoms with Gasteiger partial charge in [-0.25, -0.2) is 0 Å². The number of halogens is 1. The summed E-state index contributed by atoms with van der Waals surface area (Å²) in [4.78, 5) is 15.3. The molecule has 2 N–H and O–H groups in total. The van der Waals surface area contributed by atoms with Crippen LogP contribution in [0.4, 0.5) is 5.69 Å². The zero-order valence-electron chi connectivity index (χ0n) is 17.6. The van der Waals surface area contributed by atoms with E-state index in [0.717, 1.165) is 12.0 Å². The summed E-state index contributed by atoms with van der Waals surface area (Å²) in [6, 6.07) is 13.4. The van der Waals surface area contributed by atoms with Gasteiger partial charge in [-0.3, -0.25) is 4.79 Å². The van der Waals surface area contributed by atoms with Gasteiger partial charge in [0, 0.05) is 28.3 Å². The van der Waals surface area contributed by atoms with Gasteiger partial charge >= 0.3 is 0 Å². The first-order chi connectivity index (χ1) is 15.2. The maximum Gasteiger partial charge on any atom is 0.291 e. The molecule has 0 spiro atoms. The highest BCUT2D eigenvalue weighted by atomic mass is 35.5. The number of fused-ring (bicyclic) bond motifs is 1. The van der Waals surface area contributed by atoms with E-state index in [0.29, 0.717) is 46.2 Å². The lowest BCUT2D eigenvalue weighted by Crippen LogP contribution is -2.22. The maximum absolute atomic E-state index is 12.8. The van der Waals surface area contributed by atoms with Gasteiger partial charge in [-0.2, -0.15) is 18.4 Å². The van der Waals surface area contributed by atoms with Crippen molar-refractivity contribution in [2.24, 2.45) is 5.10 Å². The smallest absolute Gasteiger partial charge is 0.291 e. The maximum atomic E-state index is 12.8. The number of furan rings is 1. The summed E-state index contributed by atoms with van der Waals surface area (Å²) in [5.41, 5.74) is 3.36. The van der Waals surface area contributed by atoms with E-state index >= 15 is 0 Å². The lowest BCUT2D eigenvalue weighted by molar-refractivity contribution is 0.0994. The van der Waals surface area contributed by atoms with Crippen LogP contribution in [0.3, 0.4) is 0 Å². The Labute approximate surface area is 191 Å². The molecule has 1 heterocycles. The second-order valence-electron chi connectivity index (χ2n) is 7.64. The standard InChI is InChI=1S/C23H22ClN3O4S/c1-14-9-11-18(12-10-14)32(29,30)27-26-19-7-4-8-20-21(19)15(2)22(31-20)23(28)25-17-6-3-5-16(24)13-17/h3,5-6,9-13,27H,4,7-8H2,1-2H3,(H,25,28)/b26-19+. The molecule has 1 amide bonds. The molecule has 1 aromatic heterocycles. The Bertz CT molecular complexity index is 1310. The van der Waals surface area contributed by atoms with Gasteiger partial charge in [0.25, 0.3) is 15.9 Å². The predicted octanol–water partition coefficient (Wildman–Crippen LogP) is 4.82. The number of hydrogen-bond donors (Lipinski definition) is 2. The first-order valence-corrected chi connectivity index (χ1v) is 12.0. The van der Waals surface area contributed by atoms with Gasteiger partial charge < -0.3 is 9.73 Å². The van der Waals surface area contributed by atoms with Gasteiger partial charge in [0.05, 0.1) is 10.6 Å².